The van der Waals surface area contributed by atoms with E-state index in [1.54, 1.807) is 12.1 Å². The number of phenolic OH excluding ortho intramolecular Hbond substituents is 3. The van der Waals surface area contributed by atoms with Crippen molar-refractivity contribution in [2.24, 2.45) is 0 Å². The molecule has 6 nitrogen and oxygen atoms in total. The Balaban J connectivity index is 2.09. The van der Waals surface area contributed by atoms with Gasteiger partial charge in [0.05, 0.1) is 13.0 Å². The summed E-state index contributed by atoms with van der Waals surface area (Å²) >= 11 is 0. The van der Waals surface area contributed by atoms with Crippen molar-refractivity contribution in [3.05, 3.63) is 63.8 Å². The van der Waals surface area contributed by atoms with Gasteiger partial charge in [-0.1, -0.05) is 29.4 Å². The van der Waals surface area contributed by atoms with Crippen LogP contribution in [0.1, 0.15) is 60.7 Å². The lowest BCUT2D eigenvalue weighted by Gasteiger charge is -2.28. The third kappa shape index (κ3) is 4.44. The third-order valence-corrected chi connectivity index (χ3v) is 5.59. The van der Waals surface area contributed by atoms with E-state index < -0.39 is 5.92 Å². The van der Waals surface area contributed by atoms with Crippen LogP contribution in [0.4, 0.5) is 0 Å². The molecule has 1 heterocycles. The van der Waals surface area contributed by atoms with Crippen molar-refractivity contribution in [1.29, 1.82) is 0 Å². The van der Waals surface area contributed by atoms with Gasteiger partial charge >= 0.3 is 0 Å². The number of benzene rings is 2. The number of ether oxygens (including phenoxy) is 2. The van der Waals surface area contributed by atoms with E-state index in [0.717, 1.165) is 11.1 Å². The van der Waals surface area contributed by atoms with E-state index >= 15 is 0 Å². The molecule has 6 heteroatoms. The van der Waals surface area contributed by atoms with Crippen LogP contribution in [0.3, 0.4) is 0 Å². The number of Topliss-reactive ketones (excluding diaryl/α,β-unsaturated/α-hetero) is 1. The Hall–Kier alpha value is -3.41. The maximum Gasteiger partial charge on any atom is 0.181 e. The summed E-state index contributed by atoms with van der Waals surface area (Å²) in [5.41, 5.74) is 3.62. The quantitative estimate of drug-likeness (QED) is 0.537. The number of phenols is 3. The summed E-state index contributed by atoms with van der Waals surface area (Å²) < 4.78 is 11.4. The highest BCUT2D eigenvalue weighted by molar-refractivity contribution is 6.07. The predicted molar refractivity (Wildman–Crippen MR) is 123 cm³/mol. The van der Waals surface area contributed by atoms with Gasteiger partial charge in [-0.25, -0.2) is 0 Å². The van der Waals surface area contributed by atoms with Crippen molar-refractivity contribution in [1.82, 2.24) is 0 Å². The highest BCUT2D eigenvalue weighted by Gasteiger charge is 2.36. The van der Waals surface area contributed by atoms with Crippen molar-refractivity contribution in [2.45, 2.75) is 46.5 Å². The van der Waals surface area contributed by atoms with Gasteiger partial charge in [-0.3, -0.25) is 4.79 Å². The van der Waals surface area contributed by atoms with Crippen LogP contribution in [-0.4, -0.2) is 34.8 Å². The molecule has 0 bridgehead atoms. The fourth-order valence-electron chi connectivity index (χ4n) is 3.84. The van der Waals surface area contributed by atoms with E-state index in [9.17, 15) is 20.1 Å². The van der Waals surface area contributed by atoms with Gasteiger partial charge in [-0.15, -0.1) is 0 Å². The topological polar surface area (TPSA) is 96.2 Å². The molecule has 0 aliphatic carbocycles. The number of ketones is 1. The Morgan fingerprint density at radius 2 is 1.66 bits per heavy atom. The number of carbonyl (C=O) groups excluding carboxylic acids is 1. The number of carbonyl (C=O) groups is 1. The SMILES string of the molecule is COc1c([C@@H]2COc3cc(O)c(CC=C(C)C)c(O)c3C2=O)ccc(O)c1CC=C(C)C. The zero-order valence-electron chi connectivity index (χ0n) is 19.2. The second-order valence-electron chi connectivity index (χ2n) is 8.48. The molecule has 170 valence electrons. The van der Waals surface area contributed by atoms with Crippen LogP contribution in [0.15, 0.2) is 41.5 Å². The lowest BCUT2D eigenvalue weighted by Crippen LogP contribution is -2.27. The number of allylic oxidation sites excluding steroid dienone is 4. The first kappa shape index (κ1) is 23.3. The second-order valence-corrected chi connectivity index (χ2v) is 8.48. The number of rotatable bonds is 6. The molecule has 0 aromatic heterocycles. The third-order valence-electron chi connectivity index (χ3n) is 5.59. The van der Waals surface area contributed by atoms with Crippen LogP contribution in [0, 0.1) is 0 Å². The maximum atomic E-state index is 13.5. The average molecular weight is 439 g/mol. The summed E-state index contributed by atoms with van der Waals surface area (Å²) in [5, 5.41) is 31.6. The van der Waals surface area contributed by atoms with E-state index in [1.165, 1.54) is 13.2 Å². The monoisotopic (exact) mass is 438 g/mol. The highest BCUT2D eigenvalue weighted by atomic mass is 16.5. The second kappa shape index (κ2) is 9.39. The molecule has 2 aromatic rings. The van der Waals surface area contributed by atoms with Gasteiger partial charge in [-0.2, -0.15) is 0 Å². The van der Waals surface area contributed by atoms with Crippen LogP contribution in [0.5, 0.6) is 28.7 Å². The largest absolute Gasteiger partial charge is 0.508 e. The average Bonchev–Trinajstić information content (AvgIpc) is 2.72. The molecular formula is C26H30O6. The Labute approximate surface area is 188 Å². The van der Waals surface area contributed by atoms with Gasteiger partial charge in [0.15, 0.2) is 5.78 Å². The summed E-state index contributed by atoms with van der Waals surface area (Å²) in [7, 11) is 1.50. The fraction of sp³-hybridized carbons (Fsp3) is 0.346. The Morgan fingerprint density at radius 3 is 2.25 bits per heavy atom. The number of hydrogen-bond acceptors (Lipinski definition) is 6. The molecule has 1 aliphatic heterocycles. The molecule has 1 atom stereocenters. The van der Waals surface area contributed by atoms with Gasteiger partial charge in [0.1, 0.15) is 40.9 Å². The smallest absolute Gasteiger partial charge is 0.181 e. The molecule has 0 radical (unpaired) electrons. The minimum Gasteiger partial charge on any atom is -0.508 e. The maximum absolute atomic E-state index is 13.5. The molecule has 0 fully saturated rings. The van der Waals surface area contributed by atoms with Crippen LogP contribution in [-0.2, 0) is 12.8 Å². The zero-order valence-corrected chi connectivity index (χ0v) is 19.2. The van der Waals surface area contributed by atoms with Crippen molar-refractivity contribution in [2.75, 3.05) is 13.7 Å². The molecule has 2 aromatic carbocycles. The molecule has 0 amide bonds. The van der Waals surface area contributed by atoms with E-state index in [-0.39, 0.29) is 46.5 Å². The van der Waals surface area contributed by atoms with E-state index in [4.69, 9.17) is 9.47 Å². The summed E-state index contributed by atoms with van der Waals surface area (Å²) in [5.74, 6) is -0.759. The van der Waals surface area contributed by atoms with Crippen LogP contribution >= 0.6 is 0 Å². The van der Waals surface area contributed by atoms with E-state index in [1.807, 2.05) is 39.8 Å². The van der Waals surface area contributed by atoms with Crippen LogP contribution in [0.2, 0.25) is 0 Å². The molecule has 0 unspecified atom stereocenters. The van der Waals surface area contributed by atoms with Gasteiger partial charge in [0, 0.05) is 22.8 Å². The molecule has 3 N–H and O–H groups in total. The molecule has 0 saturated carbocycles. The number of hydrogen-bond donors (Lipinski definition) is 3. The first-order valence-electron chi connectivity index (χ1n) is 10.6. The lowest BCUT2D eigenvalue weighted by molar-refractivity contribution is 0.0889. The van der Waals surface area contributed by atoms with Gasteiger partial charge < -0.3 is 24.8 Å². The van der Waals surface area contributed by atoms with Crippen molar-refractivity contribution in [3.63, 3.8) is 0 Å². The van der Waals surface area contributed by atoms with Crippen LogP contribution < -0.4 is 9.47 Å². The molecule has 0 saturated heterocycles. The minimum absolute atomic E-state index is 0.0290. The lowest BCUT2D eigenvalue weighted by atomic mass is 9.85. The standard InChI is InChI=1S/C26H30O6/c1-14(2)6-8-17-21(28)12-22-23(24(17)29)25(30)19(13-32-22)16-10-11-20(27)18(26(16)31-5)9-7-15(3)4/h6-7,10-12,19,27-29H,8-9,13H2,1-5H3/t19-/m0/s1. The first-order valence-corrected chi connectivity index (χ1v) is 10.6. The van der Waals surface area contributed by atoms with Crippen molar-refractivity contribution < 1.29 is 29.6 Å². The summed E-state index contributed by atoms with van der Waals surface area (Å²) in [4.78, 5) is 13.5. The Bertz CT molecular complexity index is 1100. The van der Waals surface area contributed by atoms with Crippen molar-refractivity contribution >= 4 is 5.78 Å². The van der Waals surface area contributed by atoms with Gasteiger partial charge in [0.25, 0.3) is 0 Å². The van der Waals surface area contributed by atoms with Crippen LogP contribution in [0.25, 0.3) is 0 Å². The molecule has 1 aliphatic rings. The summed E-state index contributed by atoms with van der Waals surface area (Å²) in [6.45, 7) is 7.80. The van der Waals surface area contributed by atoms with E-state index in [0.29, 0.717) is 29.7 Å². The summed E-state index contributed by atoms with van der Waals surface area (Å²) in [6, 6.07) is 4.58. The highest BCUT2D eigenvalue weighted by Crippen LogP contribution is 2.46. The molecular weight excluding hydrogens is 408 g/mol. The summed E-state index contributed by atoms with van der Waals surface area (Å²) in [6.07, 6.45) is 4.58. The Kier molecular flexibility index (Phi) is 6.82. The molecule has 3 rings (SSSR count). The zero-order chi connectivity index (χ0) is 23.6. The number of aromatic hydroxyl groups is 3. The number of fused-ring (bicyclic) bond motifs is 1. The normalized spacial score (nSPS) is 14.9. The predicted octanol–water partition coefficient (Wildman–Crippen LogP) is 5.19. The molecule has 32 heavy (non-hydrogen) atoms. The van der Waals surface area contributed by atoms with Crippen molar-refractivity contribution in [3.8, 4) is 28.7 Å². The molecule has 0 spiro atoms. The van der Waals surface area contributed by atoms with Gasteiger partial charge in [0.2, 0.25) is 0 Å². The van der Waals surface area contributed by atoms with E-state index in [2.05, 4.69) is 0 Å². The minimum atomic E-state index is -0.727. The Morgan fingerprint density at radius 1 is 1.03 bits per heavy atom. The number of methoxy groups -OCH3 is 1. The fourth-order valence-corrected chi connectivity index (χ4v) is 3.84. The first-order chi connectivity index (χ1) is 15.1. The van der Waals surface area contributed by atoms with Gasteiger partial charge in [-0.05, 0) is 46.6 Å².